The van der Waals surface area contributed by atoms with Crippen LogP contribution in [-0.2, 0) is 0 Å². The van der Waals surface area contributed by atoms with Crippen LogP contribution < -0.4 is 0 Å². The van der Waals surface area contributed by atoms with Crippen molar-refractivity contribution in [2.24, 2.45) is 0 Å². The van der Waals surface area contributed by atoms with E-state index in [0.29, 0.717) is 5.56 Å². The topological polar surface area (TPSA) is 37.6 Å². The van der Waals surface area contributed by atoms with Gasteiger partial charge < -0.3 is 9.30 Å². The third kappa shape index (κ3) is 1.66. The van der Waals surface area contributed by atoms with E-state index in [9.17, 15) is 4.79 Å². The van der Waals surface area contributed by atoms with Crippen molar-refractivity contribution >= 4 is 11.6 Å². The summed E-state index contributed by atoms with van der Waals surface area (Å²) >= 11 is 0. The number of amides is 1. The molecule has 0 spiro atoms. The van der Waals surface area contributed by atoms with Crippen LogP contribution in [0.5, 0.6) is 0 Å². The average molecular weight is 217 g/mol. The smallest absolute Gasteiger partial charge is 0.257 e. The minimum atomic E-state index is 0.0433. The van der Waals surface area contributed by atoms with Crippen molar-refractivity contribution in [3.63, 3.8) is 0 Å². The number of pyridine rings is 1. The second kappa shape index (κ2) is 4.35. The maximum absolute atomic E-state index is 12.2. The first kappa shape index (κ1) is 10.7. The minimum Gasteiger partial charge on any atom is -0.339 e. The van der Waals surface area contributed by atoms with Gasteiger partial charge in [-0.2, -0.15) is 0 Å². The lowest BCUT2D eigenvalue weighted by Gasteiger charge is -2.18. The van der Waals surface area contributed by atoms with Crippen molar-refractivity contribution in [2.45, 2.75) is 13.8 Å². The lowest BCUT2D eigenvalue weighted by atomic mass is 10.2. The molecule has 2 aromatic heterocycles. The molecule has 0 saturated heterocycles. The minimum absolute atomic E-state index is 0.0433. The van der Waals surface area contributed by atoms with Gasteiger partial charge in [-0.3, -0.25) is 4.79 Å². The van der Waals surface area contributed by atoms with E-state index in [2.05, 4.69) is 4.98 Å². The van der Waals surface area contributed by atoms with E-state index in [1.165, 1.54) is 0 Å². The molecule has 0 saturated carbocycles. The number of carbonyl (C=O) groups excluding carboxylic acids is 1. The Labute approximate surface area is 94.5 Å². The van der Waals surface area contributed by atoms with Gasteiger partial charge in [-0.1, -0.05) is 0 Å². The molecule has 0 aromatic carbocycles. The second-order valence-electron chi connectivity index (χ2n) is 3.56. The van der Waals surface area contributed by atoms with Gasteiger partial charge >= 0.3 is 0 Å². The van der Waals surface area contributed by atoms with Gasteiger partial charge in [0.2, 0.25) is 0 Å². The summed E-state index contributed by atoms with van der Waals surface area (Å²) in [6, 6.07) is 3.69. The zero-order valence-corrected chi connectivity index (χ0v) is 9.55. The van der Waals surface area contributed by atoms with Gasteiger partial charge in [0.25, 0.3) is 5.91 Å². The normalized spacial score (nSPS) is 10.6. The molecule has 0 bridgehead atoms. The summed E-state index contributed by atoms with van der Waals surface area (Å²) in [5.41, 5.74) is 1.38. The van der Waals surface area contributed by atoms with Crippen LogP contribution in [0.25, 0.3) is 5.65 Å². The fraction of sp³-hybridized carbons (Fsp3) is 0.333. The Balaban J connectivity index is 2.46. The van der Waals surface area contributed by atoms with Crippen molar-refractivity contribution in [3.05, 3.63) is 36.3 Å². The molecule has 0 aliphatic carbocycles. The van der Waals surface area contributed by atoms with Gasteiger partial charge in [0.05, 0.1) is 5.56 Å². The van der Waals surface area contributed by atoms with Crippen LogP contribution in [-0.4, -0.2) is 33.3 Å². The highest BCUT2D eigenvalue weighted by Crippen LogP contribution is 2.11. The zero-order chi connectivity index (χ0) is 11.5. The highest BCUT2D eigenvalue weighted by Gasteiger charge is 2.15. The van der Waals surface area contributed by atoms with Crippen LogP contribution in [0.1, 0.15) is 24.2 Å². The summed E-state index contributed by atoms with van der Waals surface area (Å²) in [4.78, 5) is 18.2. The third-order valence-electron chi connectivity index (χ3n) is 2.70. The summed E-state index contributed by atoms with van der Waals surface area (Å²) in [5.74, 6) is 0.0433. The molecule has 1 amide bonds. The molecular weight excluding hydrogens is 202 g/mol. The number of imidazole rings is 1. The van der Waals surface area contributed by atoms with Crippen LogP contribution >= 0.6 is 0 Å². The van der Waals surface area contributed by atoms with Gasteiger partial charge in [0, 0.05) is 31.7 Å². The fourth-order valence-electron chi connectivity index (χ4n) is 1.80. The van der Waals surface area contributed by atoms with Crippen molar-refractivity contribution < 1.29 is 4.79 Å². The lowest BCUT2D eigenvalue weighted by molar-refractivity contribution is 0.0774. The number of hydrogen-bond acceptors (Lipinski definition) is 2. The van der Waals surface area contributed by atoms with Crippen LogP contribution in [0, 0.1) is 0 Å². The molecule has 4 nitrogen and oxygen atoms in total. The summed E-state index contributed by atoms with van der Waals surface area (Å²) in [6.07, 6.45) is 5.43. The number of fused-ring (bicyclic) bond motifs is 1. The van der Waals surface area contributed by atoms with E-state index in [-0.39, 0.29) is 5.91 Å². The Hall–Kier alpha value is -1.84. The Bertz CT molecular complexity index is 500. The molecule has 2 heterocycles. The van der Waals surface area contributed by atoms with Crippen molar-refractivity contribution in [3.8, 4) is 0 Å². The Morgan fingerprint density at radius 3 is 2.81 bits per heavy atom. The van der Waals surface area contributed by atoms with Gasteiger partial charge in [-0.05, 0) is 26.0 Å². The molecule has 0 fully saturated rings. The molecule has 0 radical (unpaired) electrons. The molecule has 0 aliphatic rings. The van der Waals surface area contributed by atoms with Gasteiger partial charge in [0.1, 0.15) is 5.65 Å². The molecule has 0 N–H and O–H groups in total. The van der Waals surface area contributed by atoms with Gasteiger partial charge in [-0.25, -0.2) is 4.98 Å². The molecule has 4 heteroatoms. The maximum Gasteiger partial charge on any atom is 0.257 e. The van der Waals surface area contributed by atoms with Crippen LogP contribution in [0.15, 0.2) is 30.7 Å². The molecule has 16 heavy (non-hydrogen) atoms. The van der Waals surface area contributed by atoms with E-state index in [1.807, 2.05) is 42.8 Å². The molecule has 2 rings (SSSR count). The lowest BCUT2D eigenvalue weighted by Crippen LogP contribution is -2.30. The van der Waals surface area contributed by atoms with E-state index < -0.39 is 0 Å². The van der Waals surface area contributed by atoms with E-state index in [4.69, 9.17) is 0 Å². The number of nitrogens with zero attached hydrogens (tertiary/aromatic N) is 3. The average Bonchev–Trinajstić information content (AvgIpc) is 2.78. The van der Waals surface area contributed by atoms with E-state index >= 15 is 0 Å². The Morgan fingerprint density at radius 1 is 1.38 bits per heavy atom. The van der Waals surface area contributed by atoms with Crippen molar-refractivity contribution in [1.29, 1.82) is 0 Å². The zero-order valence-electron chi connectivity index (χ0n) is 9.55. The number of carbonyl (C=O) groups is 1. The van der Waals surface area contributed by atoms with Crippen molar-refractivity contribution in [2.75, 3.05) is 13.1 Å². The first-order valence-electron chi connectivity index (χ1n) is 5.48. The number of hydrogen-bond donors (Lipinski definition) is 0. The summed E-state index contributed by atoms with van der Waals surface area (Å²) < 4.78 is 1.86. The maximum atomic E-state index is 12.2. The van der Waals surface area contributed by atoms with Crippen LogP contribution in [0.3, 0.4) is 0 Å². The summed E-state index contributed by atoms with van der Waals surface area (Å²) in [5, 5.41) is 0. The molecule has 0 atom stereocenters. The highest BCUT2D eigenvalue weighted by atomic mass is 16.2. The number of aromatic nitrogens is 2. The molecule has 2 aromatic rings. The predicted octanol–water partition coefficient (Wildman–Crippen LogP) is 1.82. The van der Waals surface area contributed by atoms with E-state index in [0.717, 1.165) is 18.7 Å². The monoisotopic (exact) mass is 217 g/mol. The third-order valence-corrected chi connectivity index (χ3v) is 2.70. The number of rotatable bonds is 3. The van der Waals surface area contributed by atoms with Crippen molar-refractivity contribution in [1.82, 2.24) is 14.3 Å². The highest BCUT2D eigenvalue weighted by molar-refractivity contribution is 5.99. The first-order valence-corrected chi connectivity index (χ1v) is 5.48. The quantitative estimate of drug-likeness (QED) is 0.786. The summed E-state index contributed by atoms with van der Waals surface area (Å²) in [6.45, 7) is 5.40. The Kier molecular flexibility index (Phi) is 2.90. The van der Waals surface area contributed by atoms with Crippen LogP contribution in [0.4, 0.5) is 0 Å². The molecular formula is C12H15N3O. The SMILES string of the molecule is CCN(CC)C(=O)c1cccn2ccnc12. The standard InChI is InChI=1S/C12H15N3O/c1-3-14(4-2)12(16)10-6-5-8-15-9-7-13-11(10)15/h5-9H,3-4H2,1-2H3. The fourth-order valence-corrected chi connectivity index (χ4v) is 1.80. The largest absolute Gasteiger partial charge is 0.339 e. The molecule has 0 aliphatic heterocycles. The molecule has 84 valence electrons. The molecule has 0 unspecified atom stereocenters. The summed E-state index contributed by atoms with van der Waals surface area (Å²) in [7, 11) is 0. The first-order chi connectivity index (χ1) is 7.77. The second-order valence-corrected chi connectivity index (χ2v) is 3.56. The van der Waals surface area contributed by atoms with Crippen LogP contribution in [0.2, 0.25) is 0 Å². The Morgan fingerprint density at radius 2 is 2.12 bits per heavy atom. The van der Waals surface area contributed by atoms with Gasteiger partial charge in [-0.15, -0.1) is 0 Å². The van der Waals surface area contributed by atoms with Gasteiger partial charge in [0.15, 0.2) is 0 Å². The van der Waals surface area contributed by atoms with E-state index in [1.54, 1.807) is 11.1 Å². The predicted molar refractivity (Wildman–Crippen MR) is 62.4 cm³/mol.